The van der Waals surface area contributed by atoms with Crippen LogP contribution in [0.4, 0.5) is 17.1 Å². The first-order valence-electron chi connectivity index (χ1n) is 15.9. The van der Waals surface area contributed by atoms with Crippen LogP contribution >= 0.6 is 0 Å². The van der Waals surface area contributed by atoms with E-state index in [1.54, 1.807) is 30.3 Å². The Morgan fingerprint density at radius 1 is 0.585 bits per heavy atom. The number of benzene rings is 6. The third kappa shape index (κ3) is 3.57. The first-order chi connectivity index (χ1) is 21.8. The fourth-order valence-electron chi connectivity index (χ4n) is 6.36. The van der Waals surface area contributed by atoms with E-state index < -0.39 is 0 Å². The summed E-state index contributed by atoms with van der Waals surface area (Å²) >= 11 is 0. The minimum atomic E-state index is -0.330. The third-order valence-corrected chi connectivity index (χ3v) is 8.34. The topological polar surface area (TPSA) is 16.4 Å². The van der Waals surface area contributed by atoms with Crippen LogP contribution in [0.5, 0.6) is 0 Å². The lowest BCUT2D eigenvalue weighted by Crippen LogP contribution is -2.16. The number of anilines is 3. The zero-order valence-corrected chi connectivity index (χ0v) is 22.8. The van der Waals surface area contributed by atoms with Gasteiger partial charge in [0.2, 0.25) is 0 Å². The molecule has 2 nitrogen and oxygen atoms in total. The van der Waals surface area contributed by atoms with Crippen LogP contribution in [-0.4, -0.2) is 0 Å². The number of nitrogens with zero attached hydrogens (tertiary/aromatic N) is 1. The van der Waals surface area contributed by atoms with E-state index in [1.165, 1.54) is 0 Å². The van der Waals surface area contributed by atoms with Crippen molar-refractivity contribution in [3.8, 4) is 22.3 Å². The fourth-order valence-corrected chi connectivity index (χ4v) is 6.36. The molecule has 0 atom stereocenters. The van der Waals surface area contributed by atoms with E-state index in [1.807, 2.05) is 77.7 Å². The molecule has 1 aliphatic carbocycles. The second-order valence-electron chi connectivity index (χ2n) is 11.0. The number of hydrogen-bond acceptors (Lipinski definition) is 2. The molecule has 0 fully saturated rings. The highest BCUT2D eigenvalue weighted by Crippen LogP contribution is 2.55. The van der Waals surface area contributed by atoms with Gasteiger partial charge in [0.25, 0.3) is 0 Å². The molecular weight excluding hydrogens is 498 g/mol. The quantitative estimate of drug-likeness (QED) is 0.225. The van der Waals surface area contributed by atoms with Gasteiger partial charge in [0, 0.05) is 22.1 Å². The van der Waals surface area contributed by atoms with Gasteiger partial charge in [0.15, 0.2) is 0 Å². The average Bonchev–Trinajstić information content (AvgIpc) is 3.52. The molecule has 41 heavy (non-hydrogen) atoms. The SMILES string of the molecule is [2H]c1cc(-c2ccccc2)cc([2H])c1N(c1c([2H])ccc2c1-c1ccccc1C2(C)C)c1c([2H])ccc2oc3ccccc3c12. The van der Waals surface area contributed by atoms with E-state index in [2.05, 4.69) is 26.0 Å². The van der Waals surface area contributed by atoms with Gasteiger partial charge >= 0.3 is 0 Å². The van der Waals surface area contributed by atoms with E-state index in [0.29, 0.717) is 33.6 Å². The molecule has 0 saturated carbocycles. The van der Waals surface area contributed by atoms with Crippen molar-refractivity contribution >= 4 is 39.0 Å². The fraction of sp³-hybridized carbons (Fsp3) is 0.0769. The van der Waals surface area contributed by atoms with Gasteiger partial charge in [-0.15, -0.1) is 0 Å². The highest BCUT2D eigenvalue weighted by molar-refractivity contribution is 6.14. The summed E-state index contributed by atoms with van der Waals surface area (Å²) in [5.74, 6) is 0. The van der Waals surface area contributed by atoms with E-state index in [-0.39, 0.29) is 29.6 Å². The number of para-hydroxylation sites is 1. The summed E-state index contributed by atoms with van der Waals surface area (Å²) in [7, 11) is 0. The monoisotopic (exact) mass is 531 g/mol. The van der Waals surface area contributed by atoms with Crippen molar-refractivity contribution in [2.45, 2.75) is 19.3 Å². The molecule has 2 heteroatoms. The Balaban J connectivity index is 1.52. The highest BCUT2D eigenvalue weighted by atomic mass is 16.3. The highest BCUT2D eigenvalue weighted by Gasteiger charge is 2.37. The number of rotatable bonds is 4. The Hall–Kier alpha value is -5.08. The summed E-state index contributed by atoms with van der Waals surface area (Å²) < 4.78 is 43.9. The summed E-state index contributed by atoms with van der Waals surface area (Å²) in [6, 6.07) is 37.4. The van der Waals surface area contributed by atoms with Crippen molar-refractivity contribution in [2.75, 3.05) is 4.90 Å². The molecule has 8 rings (SSSR count). The molecule has 1 heterocycles. The average molecular weight is 532 g/mol. The van der Waals surface area contributed by atoms with Gasteiger partial charge in [-0.2, -0.15) is 0 Å². The van der Waals surface area contributed by atoms with Crippen LogP contribution in [0.15, 0.2) is 144 Å². The molecule has 1 aromatic heterocycles. The van der Waals surface area contributed by atoms with Gasteiger partial charge in [-0.25, -0.2) is 0 Å². The normalized spacial score (nSPS) is 14.7. The van der Waals surface area contributed by atoms with Crippen LogP contribution < -0.4 is 4.90 Å². The van der Waals surface area contributed by atoms with E-state index in [4.69, 9.17) is 4.42 Å². The lowest BCUT2D eigenvalue weighted by molar-refractivity contribution is 0.660. The molecule has 0 saturated heterocycles. The Bertz CT molecular complexity index is 2280. The maximum Gasteiger partial charge on any atom is 0.137 e. The van der Waals surface area contributed by atoms with Crippen LogP contribution in [0.2, 0.25) is 0 Å². The van der Waals surface area contributed by atoms with Crippen LogP contribution in [-0.2, 0) is 5.41 Å². The molecule has 0 aliphatic heterocycles. The van der Waals surface area contributed by atoms with Crippen LogP contribution in [0.1, 0.15) is 30.5 Å². The van der Waals surface area contributed by atoms with Crippen molar-refractivity contribution in [3.63, 3.8) is 0 Å². The van der Waals surface area contributed by atoms with Gasteiger partial charge < -0.3 is 9.32 Å². The van der Waals surface area contributed by atoms with Gasteiger partial charge in [0.1, 0.15) is 11.2 Å². The second-order valence-corrected chi connectivity index (χ2v) is 11.0. The first-order valence-corrected chi connectivity index (χ1v) is 13.9. The Kier molecular flexibility index (Phi) is 4.35. The predicted octanol–water partition coefficient (Wildman–Crippen LogP) is 11.0. The van der Waals surface area contributed by atoms with Crippen LogP contribution in [0, 0.1) is 0 Å². The largest absolute Gasteiger partial charge is 0.456 e. The van der Waals surface area contributed by atoms with Gasteiger partial charge in [-0.05, 0) is 64.1 Å². The zero-order chi connectivity index (χ0) is 31.0. The first kappa shape index (κ1) is 19.9. The lowest BCUT2D eigenvalue weighted by atomic mass is 9.82. The molecule has 0 spiro atoms. The van der Waals surface area contributed by atoms with E-state index >= 15 is 0 Å². The van der Waals surface area contributed by atoms with Crippen molar-refractivity contribution in [2.24, 2.45) is 0 Å². The summed E-state index contributed by atoms with van der Waals surface area (Å²) in [4.78, 5) is 1.82. The van der Waals surface area contributed by atoms with Crippen molar-refractivity contribution < 1.29 is 9.90 Å². The van der Waals surface area contributed by atoms with Crippen molar-refractivity contribution in [1.29, 1.82) is 0 Å². The minimum absolute atomic E-state index is 0.133. The van der Waals surface area contributed by atoms with Crippen molar-refractivity contribution in [3.05, 3.63) is 151 Å². The second kappa shape index (κ2) is 8.97. The molecule has 0 unspecified atom stereocenters. The number of furan rings is 1. The predicted molar refractivity (Wildman–Crippen MR) is 171 cm³/mol. The summed E-state index contributed by atoms with van der Waals surface area (Å²) in [5.41, 5.74) is 8.10. The molecule has 0 amide bonds. The number of hydrogen-bond donors (Lipinski definition) is 0. The van der Waals surface area contributed by atoms with Gasteiger partial charge in [-0.3, -0.25) is 0 Å². The molecule has 1 aliphatic rings. The summed E-state index contributed by atoms with van der Waals surface area (Å²) in [6.07, 6.45) is 0. The van der Waals surface area contributed by atoms with Crippen LogP contribution in [0.3, 0.4) is 0 Å². The summed E-state index contributed by atoms with van der Waals surface area (Å²) in [6.45, 7) is 4.38. The molecule has 7 aromatic rings. The maximum absolute atomic E-state index is 9.42. The van der Waals surface area contributed by atoms with E-state index in [0.717, 1.165) is 38.8 Å². The smallest absolute Gasteiger partial charge is 0.137 e. The minimum Gasteiger partial charge on any atom is -0.456 e. The molecular formula is C39H29NO. The van der Waals surface area contributed by atoms with E-state index in [9.17, 15) is 5.48 Å². The molecule has 0 N–H and O–H groups in total. The zero-order valence-electron chi connectivity index (χ0n) is 26.8. The van der Waals surface area contributed by atoms with Gasteiger partial charge in [0.05, 0.1) is 22.2 Å². The standard InChI is InChI=1S/C39H29NO/c1-39(2)31-16-8-6-14-29(31)37-32(39)17-10-18-33(37)40(28-24-22-27(23-25-28)26-12-4-3-5-13-26)34-19-11-21-36-38(34)30-15-7-9-20-35(30)41-36/h3-25H,1-2H3/i18D,19D,24D,25D. The lowest BCUT2D eigenvalue weighted by Gasteiger charge is -2.29. The molecule has 196 valence electrons. The number of fused-ring (bicyclic) bond motifs is 6. The Morgan fingerprint density at radius 3 is 2.07 bits per heavy atom. The third-order valence-electron chi connectivity index (χ3n) is 8.34. The maximum atomic E-state index is 9.42. The molecule has 0 radical (unpaired) electrons. The molecule has 6 aromatic carbocycles. The van der Waals surface area contributed by atoms with Gasteiger partial charge in [-0.1, -0.05) is 117 Å². The van der Waals surface area contributed by atoms with Crippen LogP contribution in [0.25, 0.3) is 44.2 Å². The van der Waals surface area contributed by atoms with Crippen molar-refractivity contribution in [1.82, 2.24) is 0 Å². The summed E-state index contributed by atoms with van der Waals surface area (Å²) in [5, 5.41) is 1.55. The molecule has 0 bridgehead atoms. The Morgan fingerprint density at radius 2 is 1.22 bits per heavy atom. The Labute approximate surface area is 245 Å².